The second kappa shape index (κ2) is 9.30. The van der Waals surface area contributed by atoms with Crippen molar-refractivity contribution >= 4 is 23.4 Å². The molecule has 32 heavy (non-hydrogen) atoms. The first-order chi connectivity index (χ1) is 15.4. The molecule has 0 bridgehead atoms. The van der Waals surface area contributed by atoms with Crippen LogP contribution in [-0.2, 0) is 14.4 Å². The fraction of sp³-hybridized carbons (Fsp3) is 0.375. The Labute approximate surface area is 186 Å². The monoisotopic (exact) mass is 437 g/mol. The lowest BCUT2D eigenvalue weighted by Gasteiger charge is -2.22. The second-order valence-corrected chi connectivity index (χ2v) is 8.10. The highest BCUT2D eigenvalue weighted by atomic mass is 16.6. The summed E-state index contributed by atoms with van der Waals surface area (Å²) < 4.78 is 11.1. The summed E-state index contributed by atoms with van der Waals surface area (Å²) in [7, 11) is 0. The molecule has 0 aliphatic carbocycles. The predicted octanol–water partition coefficient (Wildman–Crippen LogP) is 2.19. The van der Waals surface area contributed by atoms with Crippen LogP contribution in [0.2, 0.25) is 0 Å². The van der Waals surface area contributed by atoms with Crippen molar-refractivity contribution in [2.75, 3.05) is 24.7 Å². The van der Waals surface area contributed by atoms with Crippen LogP contribution in [0.3, 0.4) is 0 Å². The van der Waals surface area contributed by atoms with Crippen molar-refractivity contribution in [2.24, 2.45) is 5.92 Å². The zero-order valence-corrected chi connectivity index (χ0v) is 18.2. The third kappa shape index (κ3) is 4.69. The largest absolute Gasteiger partial charge is 0.486 e. The van der Waals surface area contributed by atoms with Crippen LogP contribution in [0.25, 0.3) is 0 Å². The van der Waals surface area contributed by atoms with Gasteiger partial charge in [-0.1, -0.05) is 30.3 Å². The van der Waals surface area contributed by atoms with Gasteiger partial charge in [0.15, 0.2) is 11.5 Å². The molecule has 1 fully saturated rings. The molecule has 8 heteroatoms. The molecule has 4 rings (SSSR count). The highest BCUT2D eigenvalue weighted by Crippen LogP contribution is 2.36. The minimum absolute atomic E-state index is 0.0923. The van der Waals surface area contributed by atoms with Gasteiger partial charge in [0, 0.05) is 24.7 Å². The highest BCUT2D eigenvalue weighted by Gasteiger charge is 2.36. The van der Waals surface area contributed by atoms with Gasteiger partial charge < -0.3 is 25.0 Å². The van der Waals surface area contributed by atoms with Crippen molar-refractivity contribution in [3.63, 3.8) is 0 Å². The second-order valence-electron chi connectivity index (χ2n) is 8.10. The predicted molar refractivity (Wildman–Crippen MR) is 118 cm³/mol. The number of rotatable bonds is 6. The molecule has 0 aromatic heterocycles. The third-order valence-electron chi connectivity index (χ3n) is 5.74. The van der Waals surface area contributed by atoms with Crippen molar-refractivity contribution in [3.05, 3.63) is 54.1 Å². The highest BCUT2D eigenvalue weighted by molar-refractivity contribution is 6.01. The molecule has 2 heterocycles. The molecule has 1 saturated heterocycles. The number of carbonyl (C=O) groups is 3. The maximum atomic E-state index is 12.8. The Balaban J connectivity index is 1.34. The van der Waals surface area contributed by atoms with Crippen LogP contribution in [0, 0.1) is 5.92 Å². The van der Waals surface area contributed by atoms with Crippen molar-refractivity contribution in [2.45, 2.75) is 32.4 Å². The minimum Gasteiger partial charge on any atom is -0.486 e. The van der Waals surface area contributed by atoms with E-state index in [-0.39, 0.29) is 36.7 Å². The fourth-order valence-electron chi connectivity index (χ4n) is 3.89. The van der Waals surface area contributed by atoms with E-state index < -0.39 is 12.0 Å². The smallest absolute Gasteiger partial charge is 0.242 e. The van der Waals surface area contributed by atoms with Gasteiger partial charge in [-0.2, -0.15) is 0 Å². The number of benzene rings is 2. The first-order valence-electron chi connectivity index (χ1n) is 10.8. The van der Waals surface area contributed by atoms with Crippen LogP contribution in [0.15, 0.2) is 48.5 Å². The Kier molecular flexibility index (Phi) is 6.30. The van der Waals surface area contributed by atoms with E-state index in [0.29, 0.717) is 30.4 Å². The van der Waals surface area contributed by atoms with E-state index >= 15 is 0 Å². The van der Waals surface area contributed by atoms with Crippen molar-refractivity contribution in [1.29, 1.82) is 0 Å². The standard InChI is InChI=1S/C24H27N3O5/c1-15(17-6-4-3-5-7-17)25-23(29)16(2)26-24(30)18-12-22(28)27(14-18)19-8-9-20-21(13-19)32-11-10-31-20/h3-9,13,15-16,18H,10-12,14H2,1-2H3,(H,25,29)(H,26,30)/t15-,16+,18-/m1/s1. The lowest BCUT2D eigenvalue weighted by Crippen LogP contribution is -2.47. The molecule has 3 amide bonds. The number of hydrogen-bond donors (Lipinski definition) is 2. The maximum Gasteiger partial charge on any atom is 0.242 e. The van der Waals surface area contributed by atoms with Gasteiger partial charge in [-0.3, -0.25) is 14.4 Å². The Hall–Kier alpha value is -3.55. The number of nitrogens with zero attached hydrogens (tertiary/aromatic N) is 1. The number of carbonyl (C=O) groups excluding carboxylic acids is 3. The average molecular weight is 437 g/mol. The zero-order chi connectivity index (χ0) is 22.7. The number of ether oxygens (including phenoxy) is 2. The summed E-state index contributed by atoms with van der Waals surface area (Å²) in [6.45, 7) is 4.73. The van der Waals surface area contributed by atoms with Crippen molar-refractivity contribution < 1.29 is 23.9 Å². The Morgan fingerprint density at radius 2 is 1.72 bits per heavy atom. The molecule has 0 spiro atoms. The molecule has 0 saturated carbocycles. The number of nitrogens with one attached hydrogen (secondary N) is 2. The summed E-state index contributed by atoms with van der Waals surface area (Å²) in [6, 6.07) is 14.0. The Bertz CT molecular complexity index is 1010. The SMILES string of the molecule is C[C@H](NC(=O)[C@@H]1CC(=O)N(c2ccc3c(c2)OCCO3)C1)C(=O)N[C@H](C)c1ccccc1. The van der Waals surface area contributed by atoms with E-state index in [2.05, 4.69) is 10.6 Å². The summed E-state index contributed by atoms with van der Waals surface area (Å²) in [6.07, 6.45) is 0.0923. The molecule has 2 N–H and O–H groups in total. The first-order valence-corrected chi connectivity index (χ1v) is 10.8. The van der Waals surface area contributed by atoms with Crippen LogP contribution >= 0.6 is 0 Å². The van der Waals surface area contributed by atoms with E-state index in [1.54, 1.807) is 30.0 Å². The lowest BCUT2D eigenvalue weighted by molar-refractivity contribution is -0.131. The van der Waals surface area contributed by atoms with Gasteiger partial charge in [0.05, 0.1) is 12.0 Å². The molecule has 0 unspecified atom stereocenters. The average Bonchev–Trinajstić information content (AvgIpc) is 3.21. The first kappa shape index (κ1) is 21.7. The number of fused-ring (bicyclic) bond motifs is 1. The molecular weight excluding hydrogens is 410 g/mol. The van der Waals surface area contributed by atoms with Gasteiger partial charge in [0.2, 0.25) is 17.7 Å². The number of anilines is 1. The molecule has 168 valence electrons. The van der Waals surface area contributed by atoms with Crippen LogP contribution in [0.5, 0.6) is 11.5 Å². The van der Waals surface area contributed by atoms with E-state index in [0.717, 1.165) is 5.56 Å². The molecule has 0 radical (unpaired) electrons. The molecular formula is C24H27N3O5. The molecule has 2 aromatic carbocycles. The zero-order valence-electron chi connectivity index (χ0n) is 18.2. The normalized spacial score (nSPS) is 19.2. The van der Waals surface area contributed by atoms with E-state index in [4.69, 9.17) is 9.47 Å². The number of hydrogen-bond acceptors (Lipinski definition) is 5. The summed E-state index contributed by atoms with van der Waals surface area (Å²) in [5.74, 6) is -0.0250. The van der Waals surface area contributed by atoms with Gasteiger partial charge in [0.1, 0.15) is 19.3 Å². The molecule has 2 aromatic rings. The van der Waals surface area contributed by atoms with Crippen LogP contribution < -0.4 is 25.0 Å². The summed E-state index contributed by atoms with van der Waals surface area (Å²) in [5.41, 5.74) is 1.65. The lowest BCUT2D eigenvalue weighted by atomic mass is 10.1. The van der Waals surface area contributed by atoms with Crippen LogP contribution in [0.1, 0.15) is 31.9 Å². The van der Waals surface area contributed by atoms with Crippen molar-refractivity contribution in [1.82, 2.24) is 10.6 Å². The summed E-state index contributed by atoms with van der Waals surface area (Å²) >= 11 is 0. The summed E-state index contributed by atoms with van der Waals surface area (Å²) in [4.78, 5) is 39.4. The van der Waals surface area contributed by atoms with Gasteiger partial charge in [-0.25, -0.2) is 0 Å². The maximum absolute atomic E-state index is 12.8. The topological polar surface area (TPSA) is 97.0 Å². The van der Waals surface area contributed by atoms with Crippen molar-refractivity contribution in [3.8, 4) is 11.5 Å². The Morgan fingerprint density at radius 1 is 1.00 bits per heavy atom. The molecule has 3 atom stereocenters. The van der Waals surface area contributed by atoms with E-state index in [1.165, 1.54) is 0 Å². The molecule has 8 nitrogen and oxygen atoms in total. The van der Waals surface area contributed by atoms with Gasteiger partial charge in [0.25, 0.3) is 0 Å². The van der Waals surface area contributed by atoms with Crippen LogP contribution in [-0.4, -0.2) is 43.5 Å². The third-order valence-corrected chi connectivity index (χ3v) is 5.74. The van der Waals surface area contributed by atoms with Gasteiger partial charge >= 0.3 is 0 Å². The van der Waals surface area contributed by atoms with Gasteiger partial charge in [-0.05, 0) is 31.5 Å². The van der Waals surface area contributed by atoms with E-state index in [1.807, 2.05) is 37.3 Å². The molecule has 2 aliphatic rings. The number of amides is 3. The summed E-state index contributed by atoms with van der Waals surface area (Å²) in [5, 5.41) is 5.65. The fourth-order valence-corrected chi connectivity index (χ4v) is 3.89. The van der Waals surface area contributed by atoms with Gasteiger partial charge in [-0.15, -0.1) is 0 Å². The molecule has 2 aliphatic heterocycles. The van der Waals surface area contributed by atoms with E-state index in [9.17, 15) is 14.4 Å². The van der Waals surface area contributed by atoms with Crippen LogP contribution in [0.4, 0.5) is 5.69 Å². The Morgan fingerprint density at radius 3 is 2.47 bits per heavy atom. The quantitative estimate of drug-likeness (QED) is 0.722. The minimum atomic E-state index is -0.716.